The average Bonchev–Trinajstić information content (AvgIpc) is 2.81. The summed E-state index contributed by atoms with van der Waals surface area (Å²) in [4.78, 5) is 2.11. The summed E-state index contributed by atoms with van der Waals surface area (Å²) in [5, 5.41) is 11.8. The van der Waals surface area contributed by atoms with Gasteiger partial charge in [-0.1, -0.05) is 12.1 Å². The maximum absolute atomic E-state index is 7.61. The highest BCUT2D eigenvalue weighted by Crippen LogP contribution is 2.18. The molecule has 1 aromatic carbocycles. The molecule has 2 rings (SSSR count). The minimum absolute atomic E-state index is 0.101. The van der Waals surface area contributed by atoms with E-state index in [0.717, 1.165) is 24.2 Å². The summed E-state index contributed by atoms with van der Waals surface area (Å²) in [5.74, 6) is 0.101. The van der Waals surface area contributed by atoms with Crippen molar-refractivity contribution >= 4 is 11.5 Å². The highest BCUT2D eigenvalue weighted by atomic mass is 15.2. The van der Waals surface area contributed by atoms with Crippen molar-refractivity contribution in [3.8, 4) is 0 Å². The van der Waals surface area contributed by atoms with Gasteiger partial charge in [0, 0.05) is 38.1 Å². The fourth-order valence-electron chi connectivity index (χ4n) is 2.05. The largest absolute Gasteiger partial charge is 0.384 e. The molecule has 0 amide bonds. The normalized spacial score (nSPS) is 10.4. The number of amidine groups is 1. The highest BCUT2D eigenvalue weighted by Gasteiger charge is 2.09. The summed E-state index contributed by atoms with van der Waals surface area (Å²) in [7, 11) is 3.93. The Kier molecular flexibility index (Phi) is 3.85. The number of nitrogens with one attached hydrogen (secondary N) is 1. The van der Waals surface area contributed by atoms with Gasteiger partial charge in [0.1, 0.15) is 5.84 Å². The topological polar surface area (TPSA) is 70.9 Å². The molecule has 0 aliphatic heterocycles. The molecule has 0 fully saturated rings. The minimum Gasteiger partial charge on any atom is -0.384 e. The van der Waals surface area contributed by atoms with Gasteiger partial charge in [-0.2, -0.15) is 5.10 Å². The van der Waals surface area contributed by atoms with Crippen molar-refractivity contribution in [2.24, 2.45) is 12.8 Å². The van der Waals surface area contributed by atoms with Crippen LogP contribution >= 0.6 is 0 Å². The van der Waals surface area contributed by atoms with Crippen molar-refractivity contribution in [1.29, 1.82) is 5.41 Å². The smallest absolute Gasteiger partial charge is 0.124 e. The lowest BCUT2D eigenvalue weighted by Crippen LogP contribution is -2.24. The van der Waals surface area contributed by atoms with Crippen LogP contribution in [0.25, 0.3) is 0 Å². The van der Waals surface area contributed by atoms with E-state index in [4.69, 9.17) is 11.1 Å². The van der Waals surface area contributed by atoms with Gasteiger partial charge < -0.3 is 10.6 Å². The van der Waals surface area contributed by atoms with Crippen LogP contribution in [0.3, 0.4) is 0 Å². The SMILES string of the molecule is CN(CCc1cnn(C)c1)c1ccccc1C(=N)N. The van der Waals surface area contributed by atoms with Gasteiger partial charge in [0.2, 0.25) is 0 Å². The molecule has 0 aliphatic carbocycles. The van der Waals surface area contributed by atoms with Crippen LogP contribution in [0.2, 0.25) is 0 Å². The zero-order chi connectivity index (χ0) is 13.8. The monoisotopic (exact) mass is 257 g/mol. The zero-order valence-corrected chi connectivity index (χ0v) is 11.3. The van der Waals surface area contributed by atoms with Crippen LogP contribution in [0.15, 0.2) is 36.7 Å². The van der Waals surface area contributed by atoms with Crippen LogP contribution in [-0.2, 0) is 13.5 Å². The van der Waals surface area contributed by atoms with Gasteiger partial charge in [0.15, 0.2) is 0 Å². The third-order valence-electron chi connectivity index (χ3n) is 3.10. The molecule has 100 valence electrons. The lowest BCUT2D eigenvalue weighted by molar-refractivity contribution is 0.766. The Balaban J connectivity index is 2.07. The van der Waals surface area contributed by atoms with Crippen LogP contribution in [0.4, 0.5) is 5.69 Å². The van der Waals surface area contributed by atoms with Crippen molar-refractivity contribution in [3.63, 3.8) is 0 Å². The molecule has 0 saturated carbocycles. The van der Waals surface area contributed by atoms with E-state index in [-0.39, 0.29) is 5.84 Å². The fourth-order valence-corrected chi connectivity index (χ4v) is 2.05. The molecule has 0 saturated heterocycles. The van der Waals surface area contributed by atoms with Crippen LogP contribution < -0.4 is 10.6 Å². The van der Waals surface area contributed by atoms with Crippen molar-refractivity contribution < 1.29 is 0 Å². The van der Waals surface area contributed by atoms with E-state index in [1.54, 1.807) is 4.68 Å². The van der Waals surface area contributed by atoms with Gasteiger partial charge in [-0.05, 0) is 24.1 Å². The van der Waals surface area contributed by atoms with E-state index in [0.29, 0.717) is 0 Å². The second-order valence-corrected chi connectivity index (χ2v) is 4.62. The number of nitrogen functional groups attached to an aromatic ring is 1. The summed E-state index contributed by atoms with van der Waals surface area (Å²) in [6.07, 6.45) is 4.81. The molecule has 5 heteroatoms. The fraction of sp³-hybridized carbons (Fsp3) is 0.286. The molecule has 5 nitrogen and oxygen atoms in total. The van der Waals surface area contributed by atoms with Crippen LogP contribution in [-0.4, -0.2) is 29.2 Å². The molecule has 0 aliphatic rings. The summed E-state index contributed by atoms with van der Waals surface area (Å²) in [6, 6.07) is 7.72. The third-order valence-corrected chi connectivity index (χ3v) is 3.10. The number of hydrogen-bond acceptors (Lipinski definition) is 3. The Bertz CT molecular complexity index is 573. The molecule has 2 aromatic rings. The summed E-state index contributed by atoms with van der Waals surface area (Å²) in [5.41, 5.74) is 8.57. The number of nitrogens with zero attached hydrogens (tertiary/aromatic N) is 3. The summed E-state index contributed by atoms with van der Waals surface area (Å²) >= 11 is 0. The molecule has 0 spiro atoms. The van der Waals surface area contributed by atoms with Crippen LogP contribution in [0.5, 0.6) is 0 Å². The first-order valence-electron chi connectivity index (χ1n) is 6.20. The second-order valence-electron chi connectivity index (χ2n) is 4.62. The molecule has 0 unspecified atom stereocenters. The molecule has 1 heterocycles. The van der Waals surface area contributed by atoms with E-state index in [1.165, 1.54) is 5.56 Å². The summed E-state index contributed by atoms with van der Waals surface area (Å²) in [6.45, 7) is 0.857. The van der Waals surface area contributed by atoms with Crippen LogP contribution in [0.1, 0.15) is 11.1 Å². The molecule has 0 bridgehead atoms. The second kappa shape index (κ2) is 5.56. The maximum atomic E-state index is 7.61. The first-order valence-corrected chi connectivity index (χ1v) is 6.20. The maximum Gasteiger partial charge on any atom is 0.124 e. The third kappa shape index (κ3) is 3.13. The number of benzene rings is 1. The number of para-hydroxylation sites is 1. The molecule has 3 N–H and O–H groups in total. The lowest BCUT2D eigenvalue weighted by Gasteiger charge is -2.21. The number of nitrogens with two attached hydrogens (primary N) is 1. The quantitative estimate of drug-likeness (QED) is 0.628. The number of hydrogen-bond donors (Lipinski definition) is 2. The zero-order valence-electron chi connectivity index (χ0n) is 11.3. The Labute approximate surface area is 113 Å². The van der Waals surface area contributed by atoms with Crippen molar-refractivity contribution in [3.05, 3.63) is 47.8 Å². The number of aryl methyl sites for hydroxylation is 1. The molecule has 1 aromatic heterocycles. The van der Waals surface area contributed by atoms with Gasteiger partial charge in [-0.25, -0.2) is 0 Å². The van der Waals surface area contributed by atoms with E-state index in [9.17, 15) is 0 Å². The minimum atomic E-state index is 0.101. The van der Waals surface area contributed by atoms with Crippen LogP contribution in [0, 0.1) is 5.41 Å². The van der Waals surface area contributed by atoms with E-state index >= 15 is 0 Å². The first-order chi connectivity index (χ1) is 9.08. The van der Waals surface area contributed by atoms with Gasteiger partial charge in [-0.15, -0.1) is 0 Å². The Morgan fingerprint density at radius 3 is 2.79 bits per heavy atom. The van der Waals surface area contributed by atoms with E-state index < -0.39 is 0 Å². The van der Waals surface area contributed by atoms with Gasteiger partial charge >= 0.3 is 0 Å². The number of aromatic nitrogens is 2. The number of anilines is 1. The number of likely N-dealkylation sites (N-methyl/N-ethyl adjacent to an activating group) is 1. The van der Waals surface area contributed by atoms with Gasteiger partial charge in [0.25, 0.3) is 0 Å². The Morgan fingerprint density at radius 2 is 2.16 bits per heavy atom. The van der Waals surface area contributed by atoms with Crippen molar-refractivity contribution in [2.45, 2.75) is 6.42 Å². The summed E-state index contributed by atoms with van der Waals surface area (Å²) < 4.78 is 1.80. The molecular formula is C14H19N5. The lowest BCUT2D eigenvalue weighted by atomic mass is 10.1. The first kappa shape index (κ1) is 13.1. The van der Waals surface area contributed by atoms with E-state index in [1.807, 2.05) is 50.8 Å². The van der Waals surface area contributed by atoms with Crippen molar-refractivity contribution in [2.75, 3.05) is 18.5 Å². The molecule has 0 radical (unpaired) electrons. The molecule has 19 heavy (non-hydrogen) atoms. The predicted octanol–water partition coefficient (Wildman–Crippen LogP) is 1.38. The highest BCUT2D eigenvalue weighted by molar-refractivity contribution is 6.00. The Morgan fingerprint density at radius 1 is 1.42 bits per heavy atom. The van der Waals surface area contributed by atoms with Gasteiger partial charge in [-0.3, -0.25) is 10.1 Å². The van der Waals surface area contributed by atoms with Gasteiger partial charge in [0.05, 0.1) is 6.20 Å². The Hall–Kier alpha value is -2.30. The average molecular weight is 257 g/mol. The van der Waals surface area contributed by atoms with E-state index in [2.05, 4.69) is 10.00 Å². The molecular weight excluding hydrogens is 238 g/mol. The number of rotatable bonds is 5. The standard InChI is InChI=1S/C14H19N5/c1-18(8-7-11-9-17-19(2)10-11)13-6-4-3-5-12(13)14(15)16/h3-6,9-10H,7-8H2,1-2H3,(H3,15,16). The molecule has 0 atom stereocenters. The van der Waals surface area contributed by atoms with Crippen molar-refractivity contribution in [1.82, 2.24) is 9.78 Å². The predicted molar refractivity (Wildman–Crippen MR) is 77.6 cm³/mol.